The summed E-state index contributed by atoms with van der Waals surface area (Å²) in [6, 6.07) is 28.5. The van der Waals surface area contributed by atoms with Crippen molar-refractivity contribution in [3.8, 4) is 5.75 Å². The van der Waals surface area contributed by atoms with Gasteiger partial charge in [-0.15, -0.1) is 0 Å². The van der Waals surface area contributed by atoms with Crippen molar-refractivity contribution in [1.29, 1.82) is 0 Å². The highest BCUT2D eigenvalue weighted by Crippen LogP contribution is 2.33. The first kappa shape index (κ1) is 32.6. The Hall–Kier alpha value is -4.34. The van der Waals surface area contributed by atoms with E-state index in [4.69, 9.17) is 16.3 Å². The number of amides is 2. The van der Waals surface area contributed by atoms with E-state index in [2.05, 4.69) is 5.32 Å². The van der Waals surface area contributed by atoms with Crippen LogP contribution in [0.3, 0.4) is 0 Å². The zero-order valence-corrected chi connectivity index (χ0v) is 26.5. The van der Waals surface area contributed by atoms with Gasteiger partial charge in [0.05, 0.1) is 17.2 Å². The Balaban J connectivity index is 1.83. The van der Waals surface area contributed by atoms with Crippen LogP contribution in [0.25, 0.3) is 0 Å². The summed E-state index contributed by atoms with van der Waals surface area (Å²) in [6.45, 7) is 3.53. The summed E-state index contributed by atoms with van der Waals surface area (Å²) < 4.78 is 35.2. The first-order valence-corrected chi connectivity index (χ1v) is 16.1. The lowest BCUT2D eigenvalue weighted by atomic mass is 10.0. The molecule has 4 rings (SSSR count). The van der Waals surface area contributed by atoms with Gasteiger partial charge in [0, 0.05) is 25.0 Å². The monoisotopic (exact) mass is 633 g/mol. The summed E-state index contributed by atoms with van der Waals surface area (Å²) in [7, 11) is -2.76. The minimum atomic E-state index is -4.29. The molecule has 230 valence electrons. The number of aryl methyl sites for hydroxylation is 1. The standard InChI is InChI=1S/C34H36ClN3O5S/c1-4-43-32-17-11-10-16-30(32)38(44(41,42)29-20-18-28(35)19-21-29)24-33(39)37(23-27-15-9-8-12-25(27)2)31(34(40)36-3)22-26-13-6-5-7-14-26/h5-21,31H,4,22-24H2,1-3H3,(H,36,40)/t31-/m0/s1. The van der Waals surface area contributed by atoms with Crippen molar-refractivity contribution < 1.29 is 22.7 Å². The second-order valence-corrected chi connectivity index (χ2v) is 12.4. The lowest BCUT2D eigenvalue weighted by Gasteiger charge is -2.34. The molecule has 0 spiro atoms. The average molecular weight is 634 g/mol. The number of anilines is 1. The van der Waals surface area contributed by atoms with Crippen LogP contribution < -0.4 is 14.4 Å². The number of hydrogen-bond donors (Lipinski definition) is 1. The fourth-order valence-electron chi connectivity index (χ4n) is 4.88. The van der Waals surface area contributed by atoms with Gasteiger partial charge >= 0.3 is 0 Å². The number of nitrogens with one attached hydrogen (secondary N) is 1. The van der Waals surface area contributed by atoms with Crippen molar-refractivity contribution in [2.45, 2.75) is 37.8 Å². The summed E-state index contributed by atoms with van der Waals surface area (Å²) in [5, 5.41) is 3.07. The molecule has 4 aromatic rings. The predicted octanol–water partition coefficient (Wildman–Crippen LogP) is 5.63. The third-order valence-electron chi connectivity index (χ3n) is 7.23. The number of nitrogens with zero attached hydrogens (tertiary/aromatic N) is 2. The lowest BCUT2D eigenvalue weighted by Crippen LogP contribution is -2.53. The molecule has 0 radical (unpaired) electrons. The van der Waals surface area contributed by atoms with Crippen LogP contribution >= 0.6 is 11.6 Å². The molecule has 0 fully saturated rings. The van der Waals surface area contributed by atoms with Crippen molar-refractivity contribution >= 4 is 39.1 Å². The Labute approximate surface area is 264 Å². The normalized spacial score (nSPS) is 11.8. The van der Waals surface area contributed by atoms with Crippen LogP contribution in [0.15, 0.2) is 108 Å². The molecule has 0 saturated heterocycles. The summed E-state index contributed by atoms with van der Waals surface area (Å²) in [5.74, 6) is -0.614. The van der Waals surface area contributed by atoms with Gasteiger partial charge in [-0.2, -0.15) is 0 Å². The van der Waals surface area contributed by atoms with Gasteiger partial charge in [-0.05, 0) is 66.9 Å². The van der Waals surface area contributed by atoms with Crippen LogP contribution in [0, 0.1) is 6.92 Å². The van der Waals surface area contributed by atoms with Crippen LogP contribution in [0.4, 0.5) is 5.69 Å². The topological polar surface area (TPSA) is 96.0 Å². The third-order valence-corrected chi connectivity index (χ3v) is 9.26. The van der Waals surface area contributed by atoms with E-state index in [0.29, 0.717) is 10.8 Å². The molecular formula is C34H36ClN3O5S. The fraction of sp³-hybridized carbons (Fsp3) is 0.235. The molecule has 2 amide bonds. The van der Waals surface area contributed by atoms with Gasteiger partial charge in [0.1, 0.15) is 18.3 Å². The molecule has 0 bridgehead atoms. The molecule has 8 nitrogen and oxygen atoms in total. The molecule has 10 heteroatoms. The van der Waals surface area contributed by atoms with E-state index in [1.807, 2.05) is 61.5 Å². The SMILES string of the molecule is CCOc1ccccc1N(CC(=O)N(Cc1ccccc1C)[C@@H](Cc1ccccc1)C(=O)NC)S(=O)(=O)c1ccc(Cl)cc1. The highest BCUT2D eigenvalue weighted by molar-refractivity contribution is 7.92. The molecule has 1 atom stereocenters. The number of ether oxygens (including phenoxy) is 1. The number of hydrogen-bond acceptors (Lipinski definition) is 5. The molecule has 0 saturated carbocycles. The quantitative estimate of drug-likeness (QED) is 0.206. The fourth-order valence-corrected chi connectivity index (χ4v) is 6.43. The van der Waals surface area contributed by atoms with E-state index >= 15 is 0 Å². The largest absolute Gasteiger partial charge is 0.492 e. The van der Waals surface area contributed by atoms with E-state index in [0.717, 1.165) is 21.0 Å². The van der Waals surface area contributed by atoms with E-state index < -0.39 is 28.5 Å². The lowest BCUT2D eigenvalue weighted by molar-refractivity contribution is -0.139. The van der Waals surface area contributed by atoms with E-state index in [1.54, 1.807) is 31.2 Å². The summed E-state index contributed by atoms with van der Waals surface area (Å²) in [6.07, 6.45) is 0.234. The van der Waals surface area contributed by atoms with Gasteiger partial charge in [-0.3, -0.25) is 13.9 Å². The van der Waals surface area contributed by atoms with Crippen molar-refractivity contribution in [2.24, 2.45) is 0 Å². The Morgan fingerprint density at radius 2 is 1.52 bits per heavy atom. The summed E-state index contributed by atoms with van der Waals surface area (Å²) in [4.78, 5) is 29.3. The number of halogens is 1. The molecule has 0 aromatic heterocycles. The number of para-hydroxylation sites is 2. The predicted molar refractivity (Wildman–Crippen MR) is 173 cm³/mol. The second kappa shape index (κ2) is 14.9. The van der Waals surface area contributed by atoms with Gasteiger partial charge in [0.25, 0.3) is 10.0 Å². The minimum absolute atomic E-state index is 0.0430. The van der Waals surface area contributed by atoms with Gasteiger partial charge in [-0.1, -0.05) is 78.3 Å². The first-order chi connectivity index (χ1) is 21.1. The molecule has 1 N–H and O–H groups in total. The van der Waals surface area contributed by atoms with Crippen molar-refractivity contribution in [3.63, 3.8) is 0 Å². The molecular weight excluding hydrogens is 598 g/mol. The Morgan fingerprint density at radius 3 is 2.18 bits per heavy atom. The van der Waals surface area contributed by atoms with Crippen molar-refractivity contribution in [2.75, 3.05) is 24.5 Å². The van der Waals surface area contributed by atoms with Gasteiger partial charge in [-0.25, -0.2) is 8.42 Å². The van der Waals surface area contributed by atoms with E-state index in [-0.39, 0.29) is 36.1 Å². The number of sulfonamides is 1. The van der Waals surface area contributed by atoms with Gasteiger partial charge in [0.15, 0.2) is 0 Å². The molecule has 4 aromatic carbocycles. The molecule has 0 heterocycles. The van der Waals surface area contributed by atoms with Crippen LogP contribution in [0.1, 0.15) is 23.6 Å². The second-order valence-electron chi connectivity index (χ2n) is 10.1. The highest BCUT2D eigenvalue weighted by atomic mass is 35.5. The zero-order chi connectivity index (χ0) is 31.7. The van der Waals surface area contributed by atoms with Gasteiger partial charge in [0.2, 0.25) is 11.8 Å². The van der Waals surface area contributed by atoms with E-state index in [9.17, 15) is 18.0 Å². The number of likely N-dealkylation sites (N-methyl/N-ethyl adjacent to an activating group) is 1. The minimum Gasteiger partial charge on any atom is -0.492 e. The number of benzene rings is 4. The maximum Gasteiger partial charge on any atom is 0.264 e. The van der Waals surface area contributed by atoms with Crippen LogP contribution in [-0.2, 0) is 32.6 Å². The van der Waals surface area contributed by atoms with Crippen LogP contribution in [0.2, 0.25) is 5.02 Å². The molecule has 0 aliphatic rings. The van der Waals surface area contributed by atoms with E-state index in [1.165, 1.54) is 36.2 Å². The highest BCUT2D eigenvalue weighted by Gasteiger charge is 2.35. The molecule has 44 heavy (non-hydrogen) atoms. The Kier molecular flexibility index (Phi) is 11.0. The summed E-state index contributed by atoms with van der Waals surface area (Å²) in [5.41, 5.74) is 2.83. The molecule has 0 aliphatic heterocycles. The van der Waals surface area contributed by atoms with Crippen LogP contribution in [0.5, 0.6) is 5.75 Å². The molecule has 0 unspecified atom stereocenters. The van der Waals surface area contributed by atoms with Crippen molar-refractivity contribution in [3.05, 3.63) is 125 Å². The Bertz CT molecular complexity index is 1680. The maximum atomic E-state index is 14.5. The zero-order valence-electron chi connectivity index (χ0n) is 24.9. The van der Waals surface area contributed by atoms with Crippen molar-refractivity contribution in [1.82, 2.24) is 10.2 Å². The smallest absolute Gasteiger partial charge is 0.264 e. The number of carbonyl (C=O) groups is 2. The van der Waals surface area contributed by atoms with Gasteiger partial charge < -0.3 is 15.0 Å². The summed E-state index contributed by atoms with van der Waals surface area (Å²) >= 11 is 6.06. The number of carbonyl (C=O) groups excluding carboxylic acids is 2. The number of rotatable bonds is 13. The van der Waals surface area contributed by atoms with Crippen LogP contribution in [-0.4, -0.2) is 51.4 Å². The average Bonchev–Trinajstić information content (AvgIpc) is 3.03. The third kappa shape index (κ3) is 7.78. The first-order valence-electron chi connectivity index (χ1n) is 14.2. The maximum absolute atomic E-state index is 14.5. The molecule has 0 aliphatic carbocycles. The Morgan fingerprint density at radius 1 is 0.886 bits per heavy atom.